The van der Waals surface area contributed by atoms with E-state index in [4.69, 9.17) is 21.1 Å². The van der Waals surface area contributed by atoms with Crippen molar-refractivity contribution in [1.29, 1.82) is 0 Å². The third-order valence-corrected chi connectivity index (χ3v) is 6.57. The standard InChI is InChI=1S/C26H24BrClN2O4/c1-33-24-11-18(21(27)12-25(24)34-15-16-6-8-19(28)9-7-16)14-30-23(26(31)32)10-17-13-29-22-5-3-2-4-20(17)22/h2-9,11-13,23,29-30H,10,14-15H2,1H3,(H,31,32). The van der Waals surface area contributed by atoms with Gasteiger partial charge in [-0.3, -0.25) is 10.1 Å². The first-order valence-electron chi connectivity index (χ1n) is 10.7. The molecule has 34 heavy (non-hydrogen) atoms. The predicted molar refractivity (Wildman–Crippen MR) is 137 cm³/mol. The number of aromatic amines is 1. The number of H-pyrrole nitrogens is 1. The topological polar surface area (TPSA) is 83.6 Å². The first kappa shape index (κ1) is 24.1. The smallest absolute Gasteiger partial charge is 0.321 e. The number of benzene rings is 3. The van der Waals surface area contributed by atoms with Crippen LogP contribution in [0.25, 0.3) is 10.9 Å². The van der Waals surface area contributed by atoms with E-state index in [1.54, 1.807) is 7.11 Å². The monoisotopic (exact) mass is 542 g/mol. The largest absolute Gasteiger partial charge is 0.493 e. The lowest BCUT2D eigenvalue weighted by Gasteiger charge is -2.17. The maximum atomic E-state index is 11.9. The summed E-state index contributed by atoms with van der Waals surface area (Å²) in [6.07, 6.45) is 2.23. The normalized spacial score (nSPS) is 12.0. The van der Waals surface area contributed by atoms with Gasteiger partial charge in [-0.2, -0.15) is 0 Å². The molecule has 0 radical (unpaired) electrons. The van der Waals surface area contributed by atoms with E-state index in [9.17, 15) is 9.90 Å². The molecule has 4 aromatic rings. The Kier molecular flexibility index (Phi) is 7.77. The Bertz CT molecular complexity index is 1290. The number of aliphatic carboxylic acids is 1. The summed E-state index contributed by atoms with van der Waals surface area (Å²) in [5, 5.41) is 14.7. The van der Waals surface area contributed by atoms with Crippen LogP contribution < -0.4 is 14.8 Å². The van der Waals surface area contributed by atoms with Crippen LogP contribution in [0.5, 0.6) is 11.5 Å². The van der Waals surface area contributed by atoms with Gasteiger partial charge in [-0.25, -0.2) is 0 Å². The van der Waals surface area contributed by atoms with Gasteiger partial charge in [0.05, 0.1) is 7.11 Å². The van der Waals surface area contributed by atoms with Gasteiger partial charge in [0.1, 0.15) is 12.6 Å². The molecule has 1 heterocycles. The molecule has 0 amide bonds. The van der Waals surface area contributed by atoms with E-state index in [-0.39, 0.29) is 0 Å². The van der Waals surface area contributed by atoms with Gasteiger partial charge < -0.3 is 19.6 Å². The average Bonchev–Trinajstić information content (AvgIpc) is 3.24. The van der Waals surface area contributed by atoms with Crippen molar-refractivity contribution in [2.45, 2.75) is 25.6 Å². The summed E-state index contributed by atoms with van der Waals surface area (Å²) in [6.45, 7) is 0.705. The Morgan fingerprint density at radius 1 is 1.12 bits per heavy atom. The Hall–Kier alpha value is -3.00. The van der Waals surface area contributed by atoms with Crippen molar-refractivity contribution in [2.75, 3.05) is 7.11 Å². The van der Waals surface area contributed by atoms with Gasteiger partial charge in [0.2, 0.25) is 0 Å². The van der Waals surface area contributed by atoms with E-state index in [2.05, 4.69) is 26.2 Å². The first-order valence-corrected chi connectivity index (χ1v) is 11.9. The molecule has 1 aromatic heterocycles. The van der Waals surface area contributed by atoms with Crippen molar-refractivity contribution >= 4 is 44.4 Å². The maximum Gasteiger partial charge on any atom is 0.321 e. The summed E-state index contributed by atoms with van der Waals surface area (Å²) in [5.74, 6) is 0.246. The molecular formula is C26H24BrClN2O4. The maximum absolute atomic E-state index is 11.9. The number of hydrogen-bond acceptors (Lipinski definition) is 4. The number of carbonyl (C=O) groups is 1. The molecule has 0 saturated heterocycles. The highest BCUT2D eigenvalue weighted by molar-refractivity contribution is 9.10. The second-order valence-electron chi connectivity index (χ2n) is 7.84. The summed E-state index contributed by atoms with van der Waals surface area (Å²) in [7, 11) is 1.58. The van der Waals surface area contributed by atoms with E-state index >= 15 is 0 Å². The summed E-state index contributed by atoms with van der Waals surface area (Å²) in [4.78, 5) is 15.1. The Balaban J connectivity index is 1.45. The molecule has 176 valence electrons. The van der Waals surface area contributed by atoms with Crippen molar-refractivity contribution < 1.29 is 19.4 Å². The zero-order chi connectivity index (χ0) is 24.1. The number of carboxylic acids is 1. The zero-order valence-corrected chi connectivity index (χ0v) is 20.8. The molecule has 0 spiro atoms. The number of para-hydroxylation sites is 1. The van der Waals surface area contributed by atoms with Crippen LogP contribution in [0.2, 0.25) is 5.02 Å². The van der Waals surface area contributed by atoms with Gasteiger partial charge in [0, 0.05) is 39.6 Å². The molecular weight excluding hydrogens is 520 g/mol. The number of hydrogen-bond donors (Lipinski definition) is 3. The number of aromatic nitrogens is 1. The molecule has 4 rings (SSSR count). The number of nitrogens with one attached hydrogen (secondary N) is 2. The van der Waals surface area contributed by atoms with Crippen LogP contribution in [-0.4, -0.2) is 29.2 Å². The molecule has 0 aliphatic rings. The highest BCUT2D eigenvalue weighted by Crippen LogP contribution is 2.34. The SMILES string of the molecule is COc1cc(CNC(Cc2c[nH]c3ccccc23)C(=O)O)c(Br)cc1OCc1ccc(Cl)cc1. The van der Waals surface area contributed by atoms with E-state index in [1.165, 1.54) is 0 Å². The van der Waals surface area contributed by atoms with Gasteiger partial charge >= 0.3 is 5.97 Å². The Morgan fingerprint density at radius 3 is 2.62 bits per heavy atom. The minimum absolute atomic E-state index is 0.341. The molecule has 1 atom stereocenters. The van der Waals surface area contributed by atoms with Gasteiger partial charge in [0.15, 0.2) is 11.5 Å². The second kappa shape index (κ2) is 11.0. The Morgan fingerprint density at radius 2 is 1.88 bits per heavy atom. The van der Waals surface area contributed by atoms with E-state index in [1.807, 2.05) is 66.9 Å². The summed E-state index contributed by atoms with van der Waals surface area (Å²) < 4.78 is 12.3. The summed E-state index contributed by atoms with van der Waals surface area (Å²) in [6, 6.07) is 18.2. The highest BCUT2D eigenvalue weighted by atomic mass is 79.9. The van der Waals surface area contributed by atoms with Crippen molar-refractivity contribution in [3.63, 3.8) is 0 Å². The van der Waals surface area contributed by atoms with Gasteiger partial charge in [-0.15, -0.1) is 0 Å². The van der Waals surface area contributed by atoms with Gasteiger partial charge in [0.25, 0.3) is 0 Å². The second-order valence-corrected chi connectivity index (χ2v) is 9.14. The fourth-order valence-corrected chi connectivity index (χ4v) is 4.32. The van der Waals surface area contributed by atoms with Gasteiger partial charge in [-0.1, -0.05) is 57.9 Å². The average molecular weight is 544 g/mol. The lowest BCUT2D eigenvalue weighted by Crippen LogP contribution is -2.38. The number of methoxy groups -OCH3 is 1. The van der Waals surface area contributed by atoms with Crippen molar-refractivity contribution in [3.8, 4) is 11.5 Å². The molecule has 3 aromatic carbocycles. The van der Waals surface area contributed by atoms with Crippen LogP contribution >= 0.6 is 27.5 Å². The Labute approximate surface area is 211 Å². The molecule has 6 nitrogen and oxygen atoms in total. The predicted octanol–water partition coefficient (Wildman–Crippen LogP) is 5.96. The van der Waals surface area contributed by atoms with E-state index in [0.717, 1.165) is 32.1 Å². The van der Waals surface area contributed by atoms with Crippen LogP contribution in [0, 0.1) is 0 Å². The number of fused-ring (bicyclic) bond motifs is 1. The molecule has 8 heteroatoms. The van der Waals surface area contributed by atoms with Crippen molar-refractivity contribution in [2.24, 2.45) is 0 Å². The third-order valence-electron chi connectivity index (χ3n) is 5.58. The van der Waals surface area contributed by atoms with Crippen LogP contribution in [-0.2, 0) is 24.4 Å². The molecule has 0 aliphatic carbocycles. The van der Waals surface area contributed by atoms with Crippen LogP contribution in [0.3, 0.4) is 0 Å². The fourth-order valence-electron chi connectivity index (χ4n) is 3.73. The van der Waals surface area contributed by atoms with E-state index < -0.39 is 12.0 Å². The zero-order valence-electron chi connectivity index (χ0n) is 18.5. The van der Waals surface area contributed by atoms with Crippen LogP contribution in [0.4, 0.5) is 0 Å². The first-order chi connectivity index (χ1) is 16.4. The lowest BCUT2D eigenvalue weighted by atomic mass is 10.0. The molecule has 1 unspecified atom stereocenters. The number of ether oxygens (including phenoxy) is 2. The number of carboxylic acid groups (broad SMARTS) is 1. The molecule has 3 N–H and O–H groups in total. The molecule has 0 fully saturated rings. The van der Waals surface area contributed by atoms with Crippen molar-refractivity contribution in [1.82, 2.24) is 10.3 Å². The summed E-state index contributed by atoms with van der Waals surface area (Å²) in [5.41, 5.74) is 3.79. The molecule has 0 bridgehead atoms. The van der Waals surface area contributed by atoms with E-state index in [0.29, 0.717) is 36.1 Å². The van der Waals surface area contributed by atoms with Gasteiger partial charge in [-0.05, 0) is 47.0 Å². The minimum atomic E-state index is -0.906. The quantitative estimate of drug-likeness (QED) is 0.230. The molecule has 0 aliphatic heterocycles. The minimum Gasteiger partial charge on any atom is -0.493 e. The number of halogens is 2. The number of rotatable bonds is 10. The van der Waals surface area contributed by atoms with Crippen LogP contribution in [0.1, 0.15) is 16.7 Å². The highest BCUT2D eigenvalue weighted by Gasteiger charge is 2.20. The fraction of sp³-hybridized carbons (Fsp3) is 0.192. The van der Waals surface area contributed by atoms with Crippen molar-refractivity contribution in [3.05, 3.63) is 93.0 Å². The van der Waals surface area contributed by atoms with Crippen LogP contribution in [0.15, 0.2) is 71.3 Å². The third kappa shape index (κ3) is 5.73. The summed E-state index contributed by atoms with van der Waals surface area (Å²) >= 11 is 9.52. The molecule has 0 saturated carbocycles. The lowest BCUT2D eigenvalue weighted by molar-refractivity contribution is -0.139.